The van der Waals surface area contributed by atoms with Crippen LogP contribution >= 0.6 is 0 Å². The predicted octanol–water partition coefficient (Wildman–Crippen LogP) is -0.0196. The van der Waals surface area contributed by atoms with Gasteiger partial charge in [0.15, 0.2) is 5.82 Å². The zero-order chi connectivity index (χ0) is 18.7. The summed E-state index contributed by atoms with van der Waals surface area (Å²) in [6.07, 6.45) is 0.952. The number of anilines is 1. The molecule has 0 unspecified atom stereocenters. The van der Waals surface area contributed by atoms with Crippen molar-refractivity contribution in [2.45, 2.75) is 32.7 Å². The van der Waals surface area contributed by atoms with Gasteiger partial charge in [-0.05, 0) is 20.3 Å². The molecule has 2 aliphatic rings. The van der Waals surface area contributed by atoms with E-state index in [-0.39, 0.29) is 42.6 Å². The molecule has 1 aromatic rings. The van der Waals surface area contributed by atoms with Crippen LogP contribution in [-0.4, -0.2) is 71.4 Å². The number of nitrogens with one attached hydrogen (secondary N) is 2. The van der Waals surface area contributed by atoms with Crippen LogP contribution in [0.25, 0.3) is 0 Å². The zero-order valence-corrected chi connectivity index (χ0v) is 15.2. The fourth-order valence-corrected chi connectivity index (χ4v) is 3.51. The first-order chi connectivity index (χ1) is 12.4. The van der Waals surface area contributed by atoms with Crippen molar-refractivity contribution >= 4 is 23.5 Å². The van der Waals surface area contributed by atoms with Crippen LogP contribution in [0, 0.1) is 12.8 Å². The summed E-state index contributed by atoms with van der Waals surface area (Å²) < 4.78 is 4.92. The highest BCUT2D eigenvalue weighted by molar-refractivity contribution is 5.91. The standard InChI is InChI=1S/C17H25N5O4/c1-11-7-13(9-15(23)18-11)17(25)22-5-3-21(4-6-22)10-16(24)19-14-8-12(2)26-20-14/h8,11,13H,3-7,9-10H2,1-2H3,(H,18,23)(H,19,20,24)/t11-,13-/m0/s1. The average molecular weight is 363 g/mol. The summed E-state index contributed by atoms with van der Waals surface area (Å²) in [6.45, 7) is 6.33. The lowest BCUT2D eigenvalue weighted by atomic mass is 9.91. The Morgan fingerprint density at radius 2 is 2.08 bits per heavy atom. The first kappa shape index (κ1) is 18.4. The maximum absolute atomic E-state index is 12.6. The van der Waals surface area contributed by atoms with Crippen molar-refractivity contribution in [3.05, 3.63) is 11.8 Å². The summed E-state index contributed by atoms with van der Waals surface area (Å²) in [7, 11) is 0. The number of hydrogen-bond acceptors (Lipinski definition) is 6. The Balaban J connectivity index is 1.44. The van der Waals surface area contributed by atoms with Gasteiger partial charge >= 0.3 is 0 Å². The Labute approximate surface area is 152 Å². The van der Waals surface area contributed by atoms with E-state index in [2.05, 4.69) is 15.8 Å². The number of hydrogen-bond donors (Lipinski definition) is 2. The molecule has 3 amide bonds. The van der Waals surface area contributed by atoms with E-state index in [0.29, 0.717) is 44.2 Å². The molecule has 0 spiro atoms. The largest absolute Gasteiger partial charge is 0.360 e. The van der Waals surface area contributed by atoms with Crippen molar-refractivity contribution in [1.29, 1.82) is 0 Å². The second-order valence-electron chi connectivity index (χ2n) is 7.08. The van der Waals surface area contributed by atoms with Crippen molar-refractivity contribution in [2.24, 2.45) is 5.92 Å². The summed E-state index contributed by atoms with van der Waals surface area (Å²) in [5.74, 6) is 0.651. The molecule has 26 heavy (non-hydrogen) atoms. The fourth-order valence-electron chi connectivity index (χ4n) is 3.51. The molecular weight excluding hydrogens is 338 g/mol. The third-order valence-corrected chi connectivity index (χ3v) is 4.77. The van der Waals surface area contributed by atoms with Crippen molar-refractivity contribution in [3.8, 4) is 0 Å². The average Bonchev–Trinajstić information content (AvgIpc) is 2.98. The molecule has 2 fully saturated rings. The highest BCUT2D eigenvalue weighted by atomic mass is 16.5. The van der Waals surface area contributed by atoms with Crippen LogP contribution in [0.2, 0.25) is 0 Å². The Bertz CT molecular complexity index is 680. The summed E-state index contributed by atoms with van der Waals surface area (Å²) in [5, 5.41) is 9.28. The quantitative estimate of drug-likeness (QED) is 0.778. The second kappa shape index (κ2) is 7.86. The van der Waals surface area contributed by atoms with Gasteiger partial charge in [-0.3, -0.25) is 19.3 Å². The van der Waals surface area contributed by atoms with Crippen LogP contribution in [0.3, 0.4) is 0 Å². The lowest BCUT2D eigenvalue weighted by Gasteiger charge is -2.37. The van der Waals surface area contributed by atoms with E-state index in [1.165, 1.54) is 0 Å². The molecule has 2 atom stereocenters. The van der Waals surface area contributed by atoms with Crippen molar-refractivity contribution in [1.82, 2.24) is 20.3 Å². The van der Waals surface area contributed by atoms with Crippen LogP contribution in [0.5, 0.6) is 0 Å². The van der Waals surface area contributed by atoms with Gasteiger partial charge in [-0.15, -0.1) is 0 Å². The van der Waals surface area contributed by atoms with Gasteiger partial charge in [-0.2, -0.15) is 0 Å². The molecule has 3 heterocycles. The van der Waals surface area contributed by atoms with Crippen LogP contribution < -0.4 is 10.6 Å². The fraction of sp³-hybridized carbons (Fsp3) is 0.647. The molecule has 2 N–H and O–H groups in total. The van der Waals surface area contributed by atoms with E-state index in [0.717, 1.165) is 0 Å². The lowest BCUT2D eigenvalue weighted by Crippen LogP contribution is -2.53. The van der Waals surface area contributed by atoms with Crippen molar-refractivity contribution in [2.75, 3.05) is 38.0 Å². The number of nitrogens with zero attached hydrogens (tertiary/aromatic N) is 3. The van der Waals surface area contributed by atoms with E-state index in [1.54, 1.807) is 13.0 Å². The van der Waals surface area contributed by atoms with Crippen LogP contribution in [0.1, 0.15) is 25.5 Å². The van der Waals surface area contributed by atoms with Crippen molar-refractivity contribution in [3.63, 3.8) is 0 Å². The Morgan fingerprint density at radius 1 is 1.35 bits per heavy atom. The van der Waals surface area contributed by atoms with Gasteiger partial charge in [-0.25, -0.2) is 0 Å². The predicted molar refractivity (Wildman–Crippen MR) is 93.2 cm³/mol. The van der Waals surface area contributed by atoms with E-state index in [4.69, 9.17) is 4.52 Å². The lowest BCUT2D eigenvalue weighted by molar-refractivity contribution is -0.142. The minimum absolute atomic E-state index is 0.0374. The molecule has 0 aliphatic carbocycles. The molecule has 0 saturated carbocycles. The van der Waals surface area contributed by atoms with Crippen LogP contribution in [0.4, 0.5) is 5.82 Å². The molecule has 142 valence electrons. The van der Waals surface area contributed by atoms with Gasteiger partial charge in [0.2, 0.25) is 17.7 Å². The summed E-state index contributed by atoms with van der Waals surface area (Å²) in [6, 6.07) is 1.70. The summed E-state index contributed by atoms with van der Waals surface area (Å²) in [4.78, 5) is 40.2. The number of carbonyl (C=O) groups excluding carboxylic acids is 3. The maximum Gasteiger partial charge on any atom is 0.239 e. The first-order valence-corrected chi connectivity index (χ1v) is 8.94. The van der Waals surface area contributed by atoms with Crippen LogP contribution in [0.15, 0.2) is 10.6 Å². The SMILES string of the molecule is Cc1cc(NC(=O)CN2CCN(C(=O)[C@@H]3CC(=O)N[C@@H](C)C3)CC2)no1. The highest BCUT2D eigenvalue weighted by Gasteiger charge is 2.33. The minimum atomic E-state index is -0.232. The minimum Gasteiger partial charge on any atom is -0.360 e. The van der Waals surface area contributed by atoms with Crippen LogP contribution in [-0.2, 0) is 14.4 Å². The number of aromatic nitrogens is 1. The van der Waals surface area contributed by atoms with E-state index in [1.807, 2.05) is 16.7 Å². The van der Waals surface area contributed by atoms with Gasteiger partial charge in [0.25, 0.3) is 0 Å². The molecule has 9 heteroatoms. The molecular formula is C17H25N5O4. The molecule has 2 aliphatic heterocycles. The van der Waals surface area contributed by atoms with E-state index < -0.39 is 0 Å². The Morgan fingerprint density at radius 3 is 2.69 bits per heavy atom. The number of carbonyl (C=O) groups is 3. The van der Waals surface area contributed by atoms with Crippen molar-refractivity contribution < 1.29 is 18.9 Å². The van der Waals surface area contributed by atoms with E-state index in [9.17, 15) is 14.4 Å². The molecule has 1 aromatic heterocycles. The highest BCUT2D eigenvalue weighted by Crippen LogP contribution is 2.20. The van der Waals surface area contributed by atoms with Gasteiger partial charge in [0.1, 0.15) is 5.76 Å². The molecule has 0 bridgehead atoms. The van der Waals surface area contributed by atoms with Gasteiger partial charge < -0.3 is 20.1 Å². The summed E-state index contributed by atoms with van der Waals surface area (Å²) >= 11 is 0. The first-order valence-electron chi connectivity index (χ1n) is 8.94. The Hall–Kier alpha value is -2.42. The third kappa shape index (κ3) is 4.60. The third-order valence-electron chi connectivity index (χ3n) is 4.77. The molecule has 0 aromatic carbocycles. The van der Waals surface area contributed by atoms with E-state index >= 15 is 0 Å². The monoisotopic (exact) mass is 363 g/mol. The maximum atomic E-state index is 12.6. The summed E-state index contributed by atoms with van der Waals surface area (Å²) in [5.41, 5.74) is 0. The molecule has 3 rings (SSSR count). The number of aryl methyl sites for hydroxylation is 1. The molecule has 2 saturated heterocycles. The topological polar surface area (TPSA) is 108 Å². The Kier molecular flexibility index (Phi) is 5.55. The number of amides is 3. The second-order valence-corrected chi connectivity index (χ2v) is 7.08. The van der Waals surface area contributed by atoms with Gasteiger partial charge in [0.05, 0.1) is 6.54 Å². The molecule has 0 radical (unpaired) electrons. The normalized spacial score (nSPS) is 24.2. The van der Waals surface area contributed by atoms with Gasteiger partial charge in [0, 0.05) is 50.6 Å². The number of piperidine rings is 1. The van der Waals surface area contributed by atoms with Gasteiger partial charge in [-0.1, -0.05) is 5.16 Å². The molecule has 9 nitrogen and oxygen atoms in total. The smallest absolute Gasteiger partial charge is 0.239 e. The number of piperazine rings is 1. The zero-order valence-electron chi connectivity index (χ0n) is 15.2. The number of rotatable bonds is 4.